The number of nitrogens with zero attached hydrogens (tertiary/aromatic N) is 2. The lowest BCUT2D eigenvalue weighted by Crippen LogP contribution is -2.49. The van der Waals surface area contributed by atoms with Gasteiger partial charge in [0.15, 0.2) is 0 Å². The van der Waals surface area contributed by atoms with Crippen LogP contribution in [0.1, 0.15) is 32.1 Å². The van der Waals surface area contributed by atoms with Gasteiger partial charge in [0.1, 0.15) is 0 Å². The zero-order chi connectivity index (χ0) is 14.5. The molecule has 0 bridgehead atoms. The van der Waals surface area contributed by atoms with E-state index >= 15 is 0 Å². The first-order valence-electron chi connectivity index (χ1n) is 7.48. The molecule has 1 saturated heterocycles. The molecule has 1 saturated carbocycles. The van der Waals surface area contributed by atoms with Crippen LogP contribution in [0.5, 0.6) is 0 Å². The van der Waals surface area contributed by atoms with Gasteiger partial charge in [-0.1, -0.05) is 6.42 Å². The number of piperidine rings is 1. The quantitative estimate of drug-likeness (QED) is 0.694. The maximum atomic E-state index is 12.1. The Morgan fingerprint density at radius 3 is 2.70 bits per heavy atom. The summed E-state index contributed by atoms with van der Waals surface area (Å²) in [5.74, 6) is -0.142. The number of amides is 2. The third-order valence-electron chi connectivity index (χ3n) is 4.05. The minimum Gasteiger partial charge on any atom is -0.395 e. The molecule has 1 aliphatic carbocycles. The second kappa shape index (κ2) is 7.04. The number of likely N-dealkylation sites (N-methyl/N-ethyl adjacent to an activating group) is 1. The highest BCUT2D eigenvalue weighted by Crippen LogP contribution is 2.18. The molecule has 1 aliphatic heterocycles. The molecule has 20 heavy (non-hydrogen) atoms. The molecule has 0 aromatic heterocycles. The van der Waals surface area contributed by atoms with Crippen molar-refractivity contribution in [2.75, 3.05) is 33.3 Å². The van der Waals surface area contributed by atoms with E-state index in [0.717, 1.165) is 38.6 Å². The third kappa shape index (κ3) is 4.45. The highest BCUT2D eigenvalue weighted by Gasteiger charge is 2.27. The van der Waals surface area contributed by atoms with Gasteiger partial charge < -0.3 is 15.3 Å². The largest absolute Gasteiger partial charge is 0.395 e. The lowest BCUT2D eigenvalue weighted by molar-refractivity contribution is -0.136. The van der Waals surface area contributed by atoms with Gasteiger partial charge in [-0.3, -0.25) is 14.5 Å². The van der Waals surface area contributed by atoms with Gasteiger partial charge in [-0.2, -0.15) is 0 Å². The minimum absolute atomic E-state index is 0.0590. The second-order valence-electron chi connectivity index (χ2n) is 5.89. The molecule has 6 heteroatoms. The van der Waals surface area contributed by atoms with Crippen LogP contribution in [0.15, 0.2) is 0 Å². The molecule has 0 aromatic rings. The minimum atomic E-state index is -0.0827. The molecule has 114 valence electrons. The first kappa shape index (κ1) is 15.3. The predicted octanol–water partition coefficient (Wildman–Crippen LogP) is -0.430. The van der Waals surface area contributed by atoms with Crippen molar-refractivity contribution >= 4 is 11.8 Å². The molecular weight excluding hydrogens is 258 g/mol. The first-order valence-corrected chi connectivity index (χ1v) is 7.48. The number of nitrogens with one attached hydrogen (secondary N) is 1. The Morgan fingerprint density at radius 1 is 1.30 bits per heavy atom. The molecule has 1 heterocycles. The van der Waals surface area contributed by atoms with Crippen LogP contribution in [0, 0.1) is 0 Å². The number of hydrogen-bond acceptors (Lipinski definition) is 4. The zero-order valence-electron chi connectivity index (χ0n) is 12.2. The Bertz CT molecular complexity index is 358. The summed E-state index contributed by atoms with van der Waals surface area (Å²) in [5.41, 5.74) is 0. The lowest BCUT2D eigenvalue weighted by atomic mass is 10.0. The number of carbonyl (C=O) groups is 2. The average Bonchev–Trinajstić information content (AvgIpc) is 3.22. The van der Waals surface area contributed by atoms with E-state index < -0.39 is 0 Å². The van der Waals surface area contributed by atoms with E-state index in [9.17, 15) is 14.7 Å². The van der Waals surface area contributed by atoms with Crippen molar-refractivity contribution in [2.24, 2.45) is 0 Å². The van der Waals surface area contributed by atoms with E-state index in [0.29, 0.717) is 12.6 Å². The molecular formula is C14H25N3O3. The van der Waals surface area contributed by atoms with E-state index in [1.807, 2.05) is 4.90 Å². The SMILES string of the molecule is CN(CC(=O)NC1CC1)C(=O)CN1CCCCC1CO. The first-order chi connectivity index (χ1) is 9.60. The van der Waals surface area contributed by atoms with Crippen molar-refractivity contribution in [1.29, 1.82) is 0 Å². The molecule has 6 nitrogen and oxygen atoms in total. The van der Waals surface area contributed by atoms with Crippen LogP contribution in [-0.4, -0.2) is 72.1 Å². The fourth-order valence-electron chi connectivity index (χ4n) is 2.57. The number of aliphatic hydroxyl groups excluding tert-OH is 1. The van der Waals surface area contributed by atoms with Gasteiger partial charge in [-0.05, 0) is 32.2 Å². The summed E-state index contributed by atoms with van der Waals surface area (Å²) in [4.78, 5) is 27.3. The molecule has 2 rings (SSSR count). The molecule has 0 radical (unpaired) electrons. The number of carbonyl (C=O) groups excluding carboxylic acids is 2. The Hall–Kier alpha value is -1.14. The number of aliphatic hydroxyl groups is 1. The highest BCUT2D eigenvalue weighted by molar-refractivity contribution is 5.85. The van der Waals surface area contributed by atoms with Crippen LogP contribution >= 0.6 is 0 Å². The normalized spacial score (nSPS) is 23.4. The van der Waals surface area contributed by atoms with Crippen molar-refractivity contribution in [3.63, 3.8) is 0 Å². The summed E-state index contributed by atoms with van der Waals surface area (Å²) in [6.07, 6.45) is 5.21. The molecule has 2 fully saturated rings. The van der Waals surface area contributed by atoms with E-state index in [2.05, 4.69) is 5.32 Å². The van der Waals surface area contributed by atoms with Gasteiger partial charge in [0.05, 0.1) is 19.7 Å². The van der Waals surface area contributed by atoms with Gasteiger partial charge in [-0.15, -0.1) is 0 Å². The Kier molecular flexibility index (Phi) is 5.37. The summed E-state index contributed by atoms with van der Waals surface area (Å²) in [6.45, 7) is 1.35. The van der Waals surface area contributed by atoms with Gasteiger partial charge >= 0.3 is 0 Å². The number of hydrogen-bond donors (Lipinski definition) is 2. The molecule has 2 N–H and O–H groups in total. The highest BCUT2D eigenvalue weighted by atomic mass is 16.3. The van der Waals surface area contributed by atoms with Crippen LogP contribution in [0.4, 0.5) is 0 Å². The van der Waals surface area contributed by atoms with Gasteiger partial charge in [0.25, 0.3) is 0 Å². The van der Waals surface area contributed by atoms with Crippen molar-refractivity contribution in [3.8, 4) is 0 Å². The van der Waals surface area contributed by atoms with E-state index in [1.165, 1.54) is 4.90 Å². The molecule has 2 amide bonds. The van der Waals surface area contributed by atoms with Gasteiger partial charge in [0.2, 0.25) is 11.8 Å². The summed E-state index contributed by atoms with van der Waals surface area (Å²) >= 11 is 0. The molecule has 2 aliphatic rings. The maximum Gasteiger partial charge on any atom is 0.239 e. The Labute approximate surface area is 120 Å². The molecule has 0 spiro atoms. The molecule has 0 aromatic carbocycles. The summed E-state index contributed by atoms with van der Waals surface area (Å²) in [6, 6.07) is 0.410. The van der Waals surface area contributed by atoms with Crippen molar-refractivity contribution in [1.82, 2.24) is 15.1 Å². The van der Waals surface area contributed by atoms with Gasteiger partial charge in [0, 0.05) is 19.1 Å². The van der Waals surface area contributed by atoms with Crippen molar-refractivity contribution in [3.05, 3.63) is 0 Å². The molecule has 1 unspecified atom stereocenters. The fourth-order valence-corrected chi connectivity index (χ4v) is 2.57. The van der Waals surface area contributed by atoms with Crippen LogP contribution in [0.25, 0.3) is 0 Å². The zero-order valence-corrected chi connectivity index (χ0v) is 12.2. The van der Waals surface area contributed by atoms with Crippen LogP contribution in [-0.2, 0) is 9.59 Å². The lowest BCUT2D eigenvalue weighted by Gasteiger charge is -2.34. The fraction of sp³-hybridized carbons (Fsp3) is 0.857. The Balaban J connectivity index is 1.75. The average molecular weight is 283 g/mol. The number of likely N-dealkylation sites (tertiary alicyclic amines) is 1. The standard InChI is InChI=1S/C14H25N3O3/c1-16(8-13(19)15-11-5-6-11)14(20)9-17-7-3-2-4-12(17)10-18/h11-12,18H,2-10H2,1H3,(H,15,19). The summed E-state index contributed by atoms with van der Waals surface area (Å²) in [7, 11) is 1.66. The summed E-state index contributed by atoms with van der Waals surface area (Å²) < 4.78 is 0. The smallest absolute Gasteiger partial charge is 0.239 e. The van der Waals surface area contributed by atoms with E-state index in [4.69, 9.17) is 0 Å². The van der Waals surface area contributed by atoms with Gasteiger partial charge in [-0.25, -0.2) is 0 Å². The monoisotopic (exact) mass is 283 g/mol. The second-order valence-corrected chi connectivity index (χ2v) is 5.89. The topological polar surface area (TPSA) is 72.9 Å². The third-order valence-corrected chi connectivity index (χ3v) is 4.05. The van der Waals surface area contributed by atoms with Crippen LogP contribution in [0.2, 0.25) is 0 Å². The number of rotatable bonds is 6. The van der Waals surface area contributed by atoms with Crippen molar-refractivity contribution < 1.29 is 14.7 Å². The van der Waals surface area contributed by atoms with Crippen LogP contribution in [0.3, 0.4) is 0 Å². The van der Waals surface area contributed by atoms with Crippen LogP contribution < -0.4 is 5.32 Å². The van der Waals surface area contributed by atoms with E-state index in [1.54, 1.807) is 7.05 Å². The maximum absolute atomic E-state index is 12.1. The van der Waals surface area contributed by atoms with E-state index in [-0.39, 0.29) is 31.0 Å². The Morgan fingerprint density at radius 2 is 2.05 bits per heavy atom. The predicted molar refractivity (Wildman–Crippen MR) is 75.1 cm³/mol. The summed E-state index contributed by atoms with van der Waals surface area (Å²) in [5, 5.41) is 12.2. The molecule has 1 atom stereocenters. The van der Waals surface area contributed by atoms with Crippen molar-refractivity contribution in [2.45, 2.75) is 44.2 Å².